The van der Waals surface area contributed by atoms with Gasteiger partial charge in [0.2, 0.25) is 11.6 Å². The molecule has 0 heterocycles. The summed E-state index contributed by atoms with van der Waals surface area (Å²) in [6.07, 6.45) is -1.28. The molecule has 8 nitrogen and oxygen atoms in total. The first-order valence-corrected chi connectivity index (χ1v) is 8.79. The lowest BCUT2D eigenvalue weighted by atomic mass is 9.72. The van der Waals surface area contributed by atoms with E-state index in [-0.39, 0.29) is 30.4 Å². The van der Waals surface area contributed by atoms with E-state index in [0.717, 1.165) is 12.1 Å². The standard InChI is InChI=1S/C20H18O8/c1-2-20(28)6-5-7-10(19(20)27)16(24)14-13(15(7)23)17(25)11-8(21)3-4-9(22)12(11)18(14)26/h3-4,19,21-24,27-28H,2,5-6H2,1H3/t19-,20+/m0/s1. The van der Waals surface area contributed by atoms with Crippen LogP contribution in [0.15, 0.2) is 12.1 Å². The Morgan fingerprint density at radius 3 is 1.93 bits per heavy atom. The molecule has 0 amide bonds. The number of carbonyl (C=O) groups excluding carboxylic acids is 2. The second-order valence-electron chi connectivity index (χ2n) is 7.21. The molecule has 0 unspecified atom stereocenters. The molecular formula is C20H18O8. The van der Waals surface area contributed by atoms with E-state index >= 15 is 0 Å². The summed E-state index contributed by atoms with van der Waals surface area (Å²) in [5.41, 5.74) is -3.75. The minimum Gasteiger partial charge on any atom is -0.507 e. The van der Waals surface area contributed by atoms with Crippen LogP contribution in [-0.2, 0) is 6.42 Å². The summed E-state index contributed by atoms with van der Waals surface area (Å²) >= 11 is 0. The highest BCUT2D eigenvalue weighted by Gasteiger charge is 2.47. The van der Waals surface area contributed by atoms with Gasteiger partial charge < -0.3 is 30.6 Å². The van der Waals surface area contributed by atoms with E-state index in [4.69, 9.17) is 0 Å². The molecule has 2 atom stereocenters. The molecule has 0 saturated carbocycles. The molecule has 0 aromatic heterocycles. The van der Waals surface area contributed by atoms with Crippen LogP contribution in [0.3, 0.4) is 0 Å². The fraction of sp³-hybridized carbons (Fsp3) is 0.300. The zero-order valence-electron chi connectivity index (χ0n) is 14.9. The van der Waals surface area contributed by atoms with Crippen LogP contribution in [0, 0.1) is 0 Å². The van der Waals surface area contributed by atoms with Gasteiger partial charge in [0.05, 0.1) is 27.9 Å². The van der Waals surface area contributed by atoms with E-state index in [1.165, 1.54) is 0 Å². The van der Waals surface area contributed by atoms with Crippen molar-refractivity contribution < 1.29 is 40.2 Å². The lowest BCUT2D eigenvalue weighted by Crippen LogP contribution is -2.40. The van der Waals surface area contributed by atoms with Gasteiger partial charge in [-0.25, -0.2) is 0 Å². The number of hydrogen-bond donors (Lipinski definition) is 6. The third-order valence-electron chi connectivity index (χ3n) is 5.86. The molecule has 2 aromatic rings. The number of aliphatic hydroxyl groups excluding tert-OH is 1. The van der Waals surface area contributed by atoms with E-state index in [1.54, 1.807) is 6.92 Å². The summed E-state index contributed by atoms with van der Waals surface area (Å²) in [6.45, 7) is 1.65. The Bertz CT molecular complexity index is 1070. The van der Waals surface area contributed by atoms with E-state index in [9.17, 15) is 40.2 Å². The van der Waals surface area contributed by atoms with Crippen molar-refractivity contribution in [3.05, 3.63) is 45.5 Å². The first kappa shape index (κ1) is 18.3. The minimum atomic E-state index is -1.58. The maximum absolute atomic E-state index is 13.0. The second-order valence-corrected chi connectivity index (χ2v) is 7.21. The Kier molecular flexibility index (Phi) is 3.72. The zero-order chi connectivity index (χ0) is 20.5. The molecule has 2 aromatic carbocycles. The molecular weight excluding hydrogens is 368 g/mol. The van der Waals surface area contributed by atoms with Gasteiger partial charge >= 0.3 is 0 Å². The second kappa shape index (κ2) is 5.70. The SMILES string of the molecule is CC[C@@]1(O)CCc2c(O)c3c(c(O)c2[C@@H]1O)C(=O)c1c(O)ccc(O)c1C3=O. The molecule has 0 fully saturated rings. The molecule has 0 radical (unpaired) electrons. The molecule has 0 aliphatic heterocycles. The normalized spacial score (nSPS) is 23.2. The van der Waals surface area contributed by atoms with Crippen LogP contribution in [0.4, 0.5) is 0 Å². The summed E-state index contributed by atoms with van der Waals surface area (Å²) in [6, 6.07) is 2.08. The Labute approximate surface area is 158 Å². The summed E-state index contributed by atoms with van der Waals surface area (Å²) in [4.78, 5) is 25.9. The molecule has 0 saturated heterocycles. The number of phenols is 4. The van der Waals surface area contributed by atoms with Gasteiger partial charge in [0.25, 0.3) is 0 Å². The van der Waals surface area contributed by atoms with Crippen molar-refractivity contribution in [1.82, 2.24) is 0 Å². The Balaban J connectivity index is 2.07. The monoisotopic (exact) mass is 386 g/mol. The van der Waals surface area contributed by atoms with E-state index in [0.29, 0.717) is 0 Å². The molecule has 0 spiro atoms. The fourth-order valence-electron chi connectivity index (χ4n) is 4.19. The van der Waals surface area contributed by atoms with Gasteiger partial charge in [-0.1, -0.05) is 6.92 Å². The van der Waals surface area contributed by atoms with Gasteiger partial charge in [-0.05, 0) is 31.4 Å². The summed E-state index contributed by atoms with van der Waals surface area (Å²) in [5.74, 6) is -4.35. The Morgan fingerprint density at radius 1 is 0.929 bits per heavy atom. The third-order valence-corrected chi connectivity index (χ3v) is 5.86. The molecule has 4 rings (SSSR count). The number of ketones is 2. The molecule has 2 aliphatic rings. The van der Waals surface area contributed by atoms with Crippen LogP contribution in [0.1, 0.15) is 68.8 Å². The Hall–Kier alpha value is -3.10. The van der Waals surface area contributed by atoms with Gasteiger partial charge in [-0.2, -0.15) is 0 Å². The number of carbonyl (C=O) groups is 2. The number of rotatable bonds is 1. The lowest BCUT2D eigenvalue weighted by Gasteiger charge is -2.39. The average molecular weight is 386 g/mol. The van der Waals surface area contributed by atoms with Crippen LogP contribution in [0.2, 0.25) is 0 Å². The van der Waals surface area contributed by atoms with Crippen molar-refractivity contribution in [2.24, 2.45) is 0 Å². The number of fused-ring (bicyclic) bond motifs is 3. The topological polar surface area (TPSA) is 156 Å². The summed E-state index contributed by atoms with van der Waals surface area (Å²) < 4.78 is 0. The van der Waals surface area contributed by atoms with Crippen molar-refractivity contribution in [3.63, 3.8) is 0 Å². The van der Waals surface area contributed by atoms with Gasteiger partial charge in [-0.3, -0.25) is 9.59 Å². The third kappa shape index (κ3) is 2.07. The largest absolute Gasteiger partial charge is 0.507 e. The molecule has 8 heteroatoms. The summed E-state index contributed by atoms with van der Waals surface area (Å²) in [5, 5.41) is 62.8. The maximum Gasteiger partial charge on any atom is 0.202 e. The molecule has 0 bridgehead atoms. The Morgan fingerprint density at radius 2 is 1.43 bits per heavy atom. The fourth-order valence-corrected chi connectivity index (χ4v) is 4.19. The predicted octanol–water partition coefficient (Wildman–Crippen LogP) is 1.41. The van der Waals surface area contributed by atoms with Gasteiger partial charge in [0, 0.05) is 11.1 Å². The van der Waals surface area contributed by atoms with Crippen LogP contribution in [0.25, 0.3) is 0 Å². The van der Waals surface area contributed by atoms with Crippen LogP contribution in [0.5, 0.6) is 23.0 Å². The highest BCUT2D eigenvalue weighted by Crippen LogP contribution is 2.52. The highest BCUT2D eigenvalue weighted by atomic mass is 16.3. The molecule has 146 valence electrons. The summed E-state index contributed by atoms with van der Waals surface area (Å²) in [7, 11) is 0. The van der Waals surface area contributed by atoms with Gasteiger partial charge in [0.1, 0.15) is 29.1 Å². The van der Waals surface area contributed by atoms with Gasteiger partial charge in [-0.15, -0.1) is 0 Å². The van der Waals surface area contributed by atoms with Crippen LogP contribution >= 0.6 is 0 Å². The van der Waals surface area contributed by atoms with Crippen LogP contribution < -0.4 is 0 Å². The molecule has 6 N–H and O–H groups in total. The van der Waals surface area contributed by atoms with Crippen molar-refractivity contribution in [1.29, 1.82) is 0 Å². The van der Waals surface area contributed by atoms with Crippen molar-refractivity contribution in [2.45, 2.75) is 37.9 Å². The predicted molar refractivity (Wildman–Crippen MR) is 94.9 cm³/mol. The molecule has 2 aliphatic carbocycles. The van der Waals surface area contributed by atoms with Gasteiger partial charge in [0.15, 0.2) is 0 Å². The number of aromatic hydroxyl groups is 4. The maximum atomic E-state index is 13.0. The number of phenolic OH excluding ortho intramolecular Hbond substituents is 4. The van der Waals surface area contributed by atoms with Crippen LogP contribution in [-0.4, -0.2) is 47.8 Å². The molecule has 28 heavy (non-hydrogen) atoms. The minimum absolute atomic E-state index is 0.0593. The lowest BCUT2D eigenvalue weighted by molar-refractivity contribution is -0.0921. The highest BCUT2D eigenvalue weighted by molar-refractivity contribution is 6.32. The smallest absolute Gasteiger partial charge is 0.202 e. The quantitative estimate of drug-likeness (QED) is 0.343. The van der Waals surface area contributed by atoms with Crippen molar-refractivity contribution >= 4 is 11.6 Å². The number of benzene rings is 2. The van der Waals surface area contributed by atoms with E-state index in [2.05, 4.69) is 0 Å². The van der Waals surface area contributed by atoms with E-state index in [1.807, 2.05) is 0 Å². The first-order valence-electron chi connectivity index (χ1n) is 8.79. The zero-order valence-corrected chi connectivity index (χ0v) is 14.9. The van der Waals surface area contributed by atoms with E-state index < -0.39 is 68.5 Å². The number of aliphatic hydroxyl groups is 2. The number of hydrogen-bond acceptors (Lipinski definition) is 8. The van der Waals surface area contributed by atoms with Crippen molar-refractivity contribution in [2.75, 3.05) is 0 Å². The average Bonchev–Trinajstić information content (AvgIpc) is 2.66. The first-order chi connectivity index (χ1) is 13.1. The van der Waals surface area contributed by atoms with Crippen molar-refractivity contribution in [3.8, 4) is 23.0 Å².